The molecule has 3 aromatic heterocycles. The summed E-state index contributed by atoms with van der Waals surface area (Å²) in [6.07, 6.45) is -1.38. The molecule has 2 N–H and O–H groups in total. The van der Waals surface area contributed by atoms with E-state index in [0.29, 0.717) is 17.2 Å². The summed E-state index contributed by atoms with van der Waals surface area (Å²) in [7, 11) is 4.27. The number of rotatable bonds is 7. The largest absolute Gasteiger partial charge is 0.497 e. The number of aromatic nitrogens is 5. The van der Waals surface area contributed by atoms with Crippen molar-refractivity contribution in [2.75, 3.05) is 19.5 Å². The maximum absolute atomic E-state index is 13.2. The molecule has 0 spiro atoms. The summed E-state index contributed by atoms with van der Waals surface area (Å²) in [5.74, 6) is -0.640. The Morgan fingerprint density at radius 3 is 2.32 bits per heavy atom. The zero-order valence-corrected chi connectivity index (χ0v) is 19.6. The molecule has 4 aromatic rings. The van der Waals surface area contributed by atoms with Gasteiger partial charge in [0, 0.05) is 49.5 Å². The first kappa shape index (κ1) is 25.2. The van der Waals surface area contributed by atoms with Gasteiger partial charge in [-0.05, 0) is 12.1 Å². The lowest BCUT2D eigenvalue weighted by Gasteiger charge is -2.14. The van der Waals surface area contributed by atoms with E-state index in [-0.39, 0.29) is 28.5 Å². The van der Waals surface area contributed by atoms with Crippen molar-refractivity contribution in [2.45, 2.75) is 6.18 Å². The van der Waals surface area contributed by atoms with E-state index in [0.717, 1.165) is 33.8 Å². The Hall–Kier alpha value is -4.88. The van der Waals surface area contributed by atoms with Crippen molar-refractivity contribution in [3.8, 4) is 28.4 Å². The molecule has 1 aromatic carbocycles. The quantitative estimate of drug-likeness (QED) is 0.379. The molecule has 0 amide bonds. The van der Waals surface area contributed by atoms with Gasteiger partial charge in [-0.1, -0.05) is 0 Å². The average molecular weight is 516 g/mol. The van der Waals surface area contributed by atoms with Crippen LogP contribution in [-0.2, 0) is 13.2 Å². The summed E-state index contributed by atoms with van der Waals surface area (Å²) in [4.78, 5) is 32.9. The van der Waals surface area contributed by atoms with Crippen LogP contribution >= 0.6 is 0 Å². The van der Waals surface area contributed by atoms with Gasteiger partial charge in [-0.2, -0.15) is 23.3 Å². The van der Waals surface area contributed by atoms with Gasteiger partial charge in [0.15, 0.2) is 11.5 Å². The number of carbonyl (C=O) groups is 1. The minimum Gasteiger partial charge on any atom is -0.497 e. The van der Waals surface area contributed by atoms with E-state index in [1.165, 1.54) is 27.5 Å². The molecular weight excluding hydrogens is 497 g/mol. The van der Waals surface area contributed by atoms with E-state index >= 15 is 0 Å². The number of nitrogens with zero attached hydrogens (tertiary/aromatic N) is 5. The molecule has 0 saturated carbocycles. The highest BCUT2D eigenvalue weighted by molar-refractivity contribution is 5.89. The van der Waals surface area contributed by atoms with E-state index < -0.39 is 23.4 Å². The Kier molecular flexibility index (Phi) is 6.57. The number of hydrogen-bond donors (Lipinski definition) is 2. The molecule has 3 heterocycles. The topological polar surface area (TPSA) is 133 Å². The molecule has 0 bridgehead atoms. The molecule has 192 valence electrons. The average Bonchev–Trinajstić information content (AvgIpc) is 3.36. The van der Waals surface area contributed by atoms with Crippen molar-refractivity contribution in [2.24, 2.45) is 7.05 Å². The number of hydrogen-bond acceptors (Lipinski definition) is 8. The predicted octanol–water partition coefficient (Wildman–Crippen LogP) is 3.51. The number of carboxylic acid groups (broad SMARTS) is 1. The van der Waals surface area contributed by atoms with Gasteiger partial charge < -0.3 is 24.5 Å². The third-order valence-electron chi connectivity index (χ3n) is 5.19. The molecule has 0 atom stereocenters. The monoisotopic (exact) mass is 516 g/mol. The Bertz CT molecular complexity index is 1520. The molecule has 14 heteroatoms. The molecule has 0 radical (unpaired) electrons. The van der Waals surface area contributed by atoms with Crippen molar-refractivity contribution in [1.82, 2.24) is 24.3 Å². The molecule has 0 aliphatic heterocycles. The summed E-state index contributed by atoms with van der Waals surface area (Å²) in [5.41, 5.74) is -1.75. The first-order valence-corrected chi connectivity index (χ1v) is 10.4. The van der Waals surface area contributed by atoms with Crippen molar-refractivity contribution >= 4 is 17.6 Å². The number of nitrogens with one attached hydrogen (secondary N) is 1. The van der Waals surface area contributed by atoms with Crippen molar-refractivity contribution in [3.63, 3.8) is 0 Å². The van der Waals surface area contributed by atoms with Gasteiger partial charge in [-0.15, -0.1) is 0 Å². The Balaban J connectivity index is 1.89. The van der Waals surface area contributed by atoms with Gasteiger partial charge >= 0.3 is 12.1 Å². The summed E-state index contributed by atoms with van der Waals surface area (Å²) in [5, 5.41) is 15.9. The first-order valence-electron chi connectivity index (χ1n) is 10.4. The van der Waals surface area contributed by atoms with E-state index in [4.69, 9.17) is 9.47 Å². The normalized spacial score (nSPS) is 11.3. The second-order valence-corrected chi connectivity index (χ2v) is 7.66. The molecular formula is C23H19F3N6O5. The number of methoxy groups -OCH3 is 2. The van der Waals surface area contributed by atoms with Crippen LogP contribution in [0.2, 0.25) is 0 Å². The molecule has 0 aliphatic rings. The van der Waals surface area contributed by atoms with Crippen LogP contribution < -0.4 is 20.3 Å². The fraction of sp³-hybridized carbons (Fsp3) is 0.174. The number of benzene rings is 1. The number of aromatic carboxylic acids is 1. The number of alkyl halides is 3. The van der Waals surface area contributed by atoms with Crippen LogP contribution in [0.1, 0.15) is 16.1 Å². The summed E-state index contributed by atoms with van der Waals surface area (Å²) >= 11 is 0. The fourth-order valence-electron chi connectivity index (χ4n) is 3.42. The zero-order valence-electron chi connectivity index (χ0n) is 19.6. The van der Waals surface area contributed by atoms with E-state index in [1.54, 1.807) is 18.2 Å². The second-order valence-electron chi connectivity index (χ2n) is 7.66. The smallest absolute Gasteiger partial charge is 0.435 e. The van der Waals surface area contributed by atoms with Gasteiger partial charge in [0.2, 0.25) is 5.95 Å². The van der Waals surface area contributed by atoms with Gasteiger partial charge in [-0.25, -0.2) is 14.5 Å². The number of carboxylic acids is 1. The highest BCUT2D eigenvalue weighted by Gasteiger charge is 2.34. The third kappa shape index (κ3) is 5.22. The van der Waals surface area contributed by atoms with Crippen LogP contribution in [0.15, 0.2) is 53.7 Å². The van der Waals surface area contributed by atoms with Gasteiger partial charge in [0.05, 0.1) is 30.9 Å². The molecule has 37 heavy (non-hydrogen) atoms. The molecule has 0 unspecified atom stereocenters. The molecule has 0 fully saturated rings. The van der Waals surface area contributed by atoms with Gasteiger partial charge in [-0.3, -0.25) is 4.79 Å². The number of pyridine rings is 1. The van der Waals surface area contributed by atoms with Crippen LogP contribution in [0.5, 0.6) is 11.5 Å². The molecule has 0 aliphatic carbocycles. The van der Waals surface area contributed by atoms with E-state index in [2.05, 4.69) is 20.4 Å². The number of ether oxygens (including phenoxy) is 2. The predicted molar refractivity (Wildman–Crippen MR) is 125 cm³/mol. The van der Waals surface area contributed by atoms with Crippen LogP contribution in [0.25, 0.3) is 16.9 Å². The summed E-state index contributed by atoms with van der Waals surface area (Å²) in [6, 6.07) is 6.70. The third-order valence-corrected chi connectivity index (χ3v) is 5.19. The van der Waals surface area contributed by atoms with Crippen LogP contribution in [-0.4, -0.2) is 49.6 Å². The second kappa shape index (κ2) is 9.64. The van der Waals surface area contributed by atoms with Crippen LogP contribution in [0, 0.1) is 0 Å². The highest BCUT2D eigenvalue weighted by atomic mass is 19.4. The number of aryl methyl sites for hydroxylation is 1. The molecule has 0 saturated heterocycles. The van der Waals surface area contributed by atoms with Crippen molar-refractivity contribution in [1.29, 1.82) is 0 Å². The lowest BCUT2D eigenvalue weighted by molar-refractivity contribution is -0.141. The van der Waals surface area contributed by atoms with Crippen LogP contribution in [0.4, 0.5) is 24.8 Å². The van der Waals surface area contributed by atoms with Crippen molar-refractivity contribution < 1.29 is 32.5 Å². The molecule has 11 nitrogen and oxygen atoms in total. The Morgan fingerprint density at radius 2 is 1.76 bits per heavy atom. The van der Waals surface area contributed by atoms with E-state index in [1.807, 2.05) is 0 Å². The van der Waals surface area contributed by atoms with Gasteiger partial charge in [0.25, 0.3) is 5.56 Å². The maximum atomic E-state index is 13.2. The summed E-state index contributed by atoms with van der Waals surface area (Å²) in [6.45, 7) is 0. The lowest BCUT2D eigenvalue weighted by atomic mass is 10.1. The number of anilines is 2. The lowest BCUT2D eigenvalue weighted by Crippen LogP contribution is -2.21. The van der Waals surface area contributed by atoms with Crippen molar-refractivity contribution in [3.05, 3.63) is 70.5 Å². The maximum Gasteiger partial charge on any atom is 0.435 e. The van der Waals surface area contributed by atoms with E-state index in [9.17, 15) is 27.9 Å². The number of halogens is 3. The van der Waals surface area contributed by atoms with Gasteiger partial charge in [0.1, 0.15) is 11.5 Å². The first-order chi connectivity index (χ1) is 17.5. The van der Waals surface area contributed by atoms with Crippen LogP contribution in [0.3, 0.4) is 0 Å². The SMILES string of the molecule is COc1cc(Nc2ncc(-c3cc(C(=O)O)cn(C)c3=O)c(-n3ccc(C(F)(F)F)n3)n2)cc(OC)c1. The fourth-order valence-corrected chi connectivity index (χ4v) is 3.42. The molecule has 4 rings (SSSR count). The zero-order chi connectivity index (χ0) is 26.9. The minimum absolute atomic E-state index is 0.0331. The highest BCUT2D eigenvalue weighted by Crippen LogP contribution is 2.31. The standard InChI is InChI=1S/C23H19F3N6O5/c1-31-11-12(21(34)35)6-16(20(31)33)17-10-27-22(28-13-7-14(36-2)9-15(8-13)37-3)29-19(17)32-5-4-18(30-32)23(24,25)26/h4-11H,1-3H3,(H,34,35)(H,27,28,29). The minimum atomic E-state index is -4.73. The Labute approximate surface area is 206 Å². The summed E-state index contributed by atoms with van der Waals surface area (Å²) < 4.78 is 52.1. The Morgan fingerprint density at radius 1 is 1.08 bits per heavy atom.